The number of amides is 1. The van der Waals surface area contributed by atoms with Gasteiger partial charge in [-0.2, -0.15) is 0 Å². The van der Waals surface area contributed by atoms with Crippen molar-refractivity contribution in [3.63, 3.8) is 0 Å². The zero-order chi connectivity index (χ0) is 17.1. The Morgan fingerprint density at radius 3 is 2.46 bits per heavy atom. The van der Waals surface area contributed by atoms with Crippen LogP contribution in [0, 0.1) is 0 Å². The molecule has 0 aliphatic carbocycles. The Morgan fingerprint density at radius 1 is 1.17 bits per heavy atom. The van der Waals surface area contributed by atoms with Crippen LogP contribution in [0.3, 0.4) is 0 Å². The second-order valence-corrected chi connectivity index (χ2v) is 6.73. The summed E-state index contributed by atoms with van der Waals surface area (Å²) in [5.41, 5.74) is 2.37. The van der Waals surface area contributed by atoms with Crippen molar-refractivity contribution in [2.45, 2.75) is 18.5 Å². The van der Waals surface area contributed by atoms with E-state index in [1.807, 2.05) is 42.5 Å². The van der Waals surface area contributed by atoms with Crippen LogP contribution in [-0.4, -0.2) is 47.2 Å². The van der Waals surface area contributed by atoms with Gasteiger partial charge in [-0.3, -0.25) is 4.90 Å². The third-order valence-electron chi connectivity index (χ3n) is 4.71. The molecular weight excluding hydrogens is 324 g/mol. The third-order valence-corrected chi connectivity index (χ3v) is 4.96. The van der Waals surface area contributed by atoms with Gasteiger partial charge in [0.2, 0.25) is 0 Å². The topological polar surface area (TPSA) is 43.8 Å². The molecule has 1 aliphatic heterocycles. The Balaban J connectivity index is 1.81. The second kappa shape index (κ2) is 7.24. The molecule has 2 aromatic rings. The Morgan fingerprint density at radius 2 is 1.83 bits per heavy atom. The molecule has 1 amide bonds. The summed E-state index contributed by atoms with van der Waals surface area (Å²) in [6.07, 6.45) is -0.888. The number of likely N-dealkylation sites (N-methyl/N-ethyl adjacent to an activating group) is 1. The quantitative estimate of drug-likeness (QED) is 0.914. The summed E-state index contributed by atoms with van der Waals surface area (Å²) >= 11 is 5.99. The SMILES string of the molecule is CN(C(=O)O)[C@H]1CN(Cc2ccccc2)C[C@@H]1c1ccc(Cl)cc1. The fraction of sp³-hybridized carbons (Fsp3) is 0.316. The average Bonchev–Trinajstić information content (AvgIpc) is 2.99. The van der Waals surface area contributed by atoms with Crippen LogP contribution in [0.25, 0.3) is 0 Å². The van der Waals surface area contributed by atoms with Crippen molar-refractivity contribution in [3.8, 4) is 0 Å². The molecule has 0 saturated carbocycles. The highest BCUT2D eigenvalue weighted by Gasteiger charge is 2.37. The van der Waals surface area contributed by atoms with E-state index in [4.69, 9.17) is 11.6 Å². The van der Waals surface area contributed by atoms with E-state index < -0.39 is 6.09 Å². The summed E-state index contributed by atoms with van der Waals surface area (Å²) in [7, 11) is 1.65. The van der Waals surface area contributed by atoms with Gasteiger partial charge in [0.15, 0.2) is 0 Å². The van der Waals surface area contributed by atoms with Gasteiger partial charge in [0, 0.05) is 37.6 Å². The molecule has 1 saturated heterocycles. The van der Waals surface area contributed by atoms with Crippen molar-refractivity contribution in [3.05, 3.63) is 70.7 Å². The predicted molar refractivity (Wildman–Crippen MR) is 95.5 cm³/mol. The molecule has 1 heterocycles. The Labute approximate surface area is 147 Å². The maximum absolute atomic E-state index is 11.5. The summed E-state index contributed by atoms with van der Waals surface area (Å²) in [5, 5.41) is 10.1. The molecule has 0 aromatic heterocycles. The fourth-order valence-electron chi connectivity index (χ4n) is 3.41. The molecule has 3 rings (SSSR count). The zero-order valence-electron chi connectivity index (χ0n) is 13.6. The summed E-state index contributed by atoms with van der Waals surface area (Å²) in [6.45, 7) is 2.39. The molecule has 0 spiro atoms. The first-order chi connectivity index (χ1) is 11.5. The van der Waals surface area contributed by atoms with E-state index in [0.29, 0.717) is 5.02 Å². The molecular formula is C19H21ClN2O2. The number of halogens is 1. The minimum Gasteiger partial charge on any atom is -0.465 e. The van der Waals surface area contributed by atoms with Crippen LogP contribution in [0.15, 0.2) is 54.6 Å². The highest BCUT2D eigenvalue weighted by atomic mass is 35.5. The molecule has 0 radical (unpaired) electrons. The number of benzene rings is 2. The summed E-state index contributed by atoms with van der Waals surface area (Å²) < 4.78 is 0. The standard InChI is InChI=1S/C19H21ClN2O2/c1-21(19(23)24)18-13-22(11-14-5-3-2-4-6-14)12-17(18)15-7-9-16(20)10-8-15/h2-10,17-18H,11-13H2,1H3,(H,23,24)/t17-,18+/m1/s1. The van der Waals surface area contributed by atoms with Crippen LogP contribution in [0.4, 0.5) is 4.79 Å². The normalized spacial score (nSPS) is 20.9. The van der Waals surface area contributed by atoms with Crippen molar-refractivity contribution in [2.75, 3.05) is 20.1 Å². The number of carbonyl (C=O) groups is 1. The van der Waals surface area contributed by atoms with Gasteiger partial charge in [-0.15, -0.1) is 0 Å². The van der Waals surface area contributed by atoms with Gasteiger partial charge in [0.05, 0.1) is 6.04 Å². The van der Waals surface area contributed by atoms with E-state index in [-0.39, 0.29) is 12.0 Å². The van der Waals surface area contributed by atoms with E-state index in [1.54, 1.807) is 7.05 Å². The Bertz CT molecular complexity index is 690. The average molecular weight is 345 g/mol. The smallest absolute Gasteiger partial charge is 0.407 e. The predicted octanol–water partition coefficient (Wildman–Crippen LogP) is 3.92. The van der Waals surface area contributed by atoms with Gasteiger partial charge < -0.3 is 10.0 Å². The van der Waals surface area contributed by atoms with Gasteiger partial charge in [0.1, 0.15) is 0 Å². The van der Waals surface area contributed by atoms with Crippen molar-refractivity contribution in [1.82, 2.24) is 9.80 Å². The summed E-state index contributed by atoms with van der Waals surface area (Å²) in [5.74, 6) is 0.145. The minimum absolute atomic E-state index is 0.0626. The number of rotatable bonds is 4. The van der Waals surface area contributed by atoms with Gasteiger partial charge in [-0.05, 0) is 23.3 Å². The largest absolute Gasteiger partial charge is 0.465 e. The lowest BCUT2D eigenvalue weighted by Gasteiger charge is -2.26. The van der Waals surface area contributed by atoms with Crippen LogP contribution in [0.2, 0.25) is 5.02 Å². The van der Waals surface area contributed by atoms with Crippen LogP contribution in [0.1, 0.15) is 17.0 Å². The second-order valence-electron chi connectivity index (χ2n) is 6.30. The lowest BCUT2D eigenvalue weighted by Crippen LogP contribution is -2.40. The zero-order valence-corrected chi connectivity index (χ0v) is 14.4. The first-order valence-corrected chi connectivity index (χ1v) is 8.40. The number of hydrogen-bond acceptors (Lipinski definition) is 2. The van der Waals surface area contributed by atoms with Crippen LogP contribution >= 0.6 is 11.6 Å². The molecule has 2 atom stereocenters. The maximum atomic E-state index is 11.5. The summed E-state index contributed by atoms with van der Waals surface area (Å²) in [6, 6.07) is 18.0. The van der Waals surface area contributed by atoms with Crippen LogP contribution < -0.4 is 0 Å². The van der Waals surface area contributed by atoms with E-state index in [9.17, 15) is 9.90 Å². The number of likely N-dealkylation sites (tertiary alicyclic amines) is 1. The van der Waals surface area contributed by atoms with Crippen molar-refractivity contribution < 1.29 is 9.90 Å². The van der Waals surface area contributed by atoms with Gasteiger partial charge in [-0.25, -0.2) is 4.79 Å². The molecule has 4 nitrogen and oxygen atoms in total. The molecule has 1 aliphatic rings. The van der Waals surface area contributed by atoms with Crippen molar-refractivity contribution in [1.29, 1.82) is 0 Å². The molecule has 5 heteroatoms. The number of carboxylic acid groups (broad SMARTS) is 1. The molecule has 0 unspecified atom stereocenters. The molecule has 2 aromatic carbocycles. The lowest BCUT2D eigenvalue weighted by molar-refractivity contribution is 0.135. The van der Waals surface area contributed by atoms with Gasteiger partial charge >= 0.3 is 6.09 Å². The Kier molecular flexibility index (Phi) is 5.07. The first-order valence-electron chi connectivity index (χ1n) is 8.02. The van der Waals surface area contributed by atoms with E-state index in [0.717, 1.165) is 25.2 Å². The molecule has 24 heavy (non-hydrogen) atoms. The van der Waals surface area contributed by atoms with Crippen LogP contribution in [-0.2, 0) is 6.54 Å². The lowest BCUT2D eigenvalue weighted by atomic mass is 9.94. The summed E-state index contributed by atoms with van der Waals surface area (Å²) in [4.78, 5) is 15.2. The number of hydrogen-bond donors (Lipinski definition) is 1. The molecule has 1 N–H and O–H groups in total. The third kappa shape index (κ3) is 3.71. The highest BCUT2D eigenvalue weighted by molar-refractivity contribution is 6.30. The highest BCUT2D eigenvalue weighted by Crippen LogP contribution is 2.32. The van der Waals surface area contributed by atoms with E-state index >= 15 is 0 Å². The monoisotopic (exact) mass is 344 g/mol. The first kappa shape index (κ1) is 16.8. The fourth-order valence-corrected chi connectivity index (χ4v) is 3.53. The maximum Gasteiger partial charge on any atom is 0.407 e. The van der Waals surface area contributed by atoms with Crippen LogP contribution in [0.5, 0.6) is 0 Å². The Hall–Kier alpha value is -2.04. The molecule has 1 fully saturated rings. The number of nitrogens with zero attached hydrogens (tertiary/aromatic N) is 2. The van der Waals surface area contributed by atoms with Crippen molar-refractivity contribution in [2.24, 2.45) is 0 Å². The molecule has 126 valence electrons. The molecule has 0 bridgehead atoms. The van der Waals surface area contributed by atoms with E-state index in [1.165, 1.54) is 10.5 Å². The minimum atomic E-state index is -0.888. The van der Waals surface area contributed by atoms with Gasteiger partial charge in [0.25, 0.3) is 0 Å². The van der Waals surface area contributed by atoms with E-state index in [2.05, 4.69) is 17.0 Å². The van der Waals surface area contributed by atoms with Gasteiger partial charge in [-0.1, -0.05) is 54.1 Å². The van der Waals surface area contributed by atoms with Crippen molar-refractivity contribution >= 4 is 17.7 Å².